The lowest BCUT2D eigenvalue weighted by Gasteiger charge is -2.31. The number of amides is 2. The van der Waals surface area contributed by atoms with Crippen molar-refractivity contribution in [2.24, 2.45) is 5.92 Å². The van der Waals surface area contributed by atoms with Gasteiger partial charge in [-0.05, 0) is 50.9 Å². The van der Waals surface area contributed by atoms with Crippen molar-refractivity contribution in [2.45, 2.75) is 83.7 Å². The molecule has 1 aromatic rings. The molecule has 1 saturated heterocycles. The molecule has 1 atom stereocenters. The van der Waals surface area contributed by atoms with Crippen LogP contribution in [0.15, 0.2) is 0 Å². The van der Waals surface area contributed by atoms with Crippen LogP contribution in [0.1, 0.15) is 91.5 Å². The Morgan fingerprint density at radius 3 is 2.59 bits per heavy atom. The summed E-state index contributed by atoms with van der Waals surface area (Å²) in [4.78, 5) is 32.6. The average Bonchev–Trinajstić information content (AvgIpc) is 3.08. The lowest BCUT2D eigenvalue weighted by atomic mass is 9.95. The van der Waals surface area contributed by atoms with Gasteiger partial charge < -0.3 is 14.8 Å². The molecule has 1 N–H and O–H groups in total. The van der Waals surface area contributed by atoms with Gasteiger partial charge in [-0.1, -0.05) is 26.2 Å². The second-order valence-corrected chi connectivity index (χ2v) is 8.65. The molecule has 148 valence electrons. The molecule has 6 heteroatoms. The number of carbonyl (C=O) groups excluding carboxylic acids is 2. The van der Waals surface area contributed by atoms with Crippen molar-refractivity contribution < 1.29 is 9.59 Å². The minimum atomic E-state index is -0.0846. The van der Waals surface area contributed by atoms with Crippen LogP contribution in [-0.2, 0) is 13.0 Å². The molecule has 0 bridgehead atoms. The quantitative estimate of drug-likeness (QED) is 0.886. The van der Waals surface area contributed by atoms with Crippen LogP contribution in [-0.4, -0.2) is 45.4 Å². The van der Waals surface area contributed by atoms with Crippen LogP contribution in [0.5, 0.6) is 0 Å². The number of piperidine rings is 1. The minimum Gasteiger partial charge on any atom is -0.348 e. The molecule has 27 heavy (non-hydrogen) atoms. The summed E-state index contributed by atoms with van der Waals surface area (Å²) in [7, 11) is 0. The first-order valence-electron chi connectivity index (χ1n) is 10.8. The van der Waals surface area contributed by atoms with Crippen molar-refractivity contribution in [3.05, 3.63) is 17.2 Å². The van der Waals surface area contributed by atoms with Gasteiger partial charge in [0.1, 0.15) is 5.69 Å². The maximum atomic E-state index is 13.2. The molecule has 2 amide bonds. The van der Waals surface area contributed by atoms with Crippen molar-refractivity contribution in [2.75, 3.05) is 13.1 Å². The van der Waals surface area contributed by atoms with E-state index in [2.05, 4.69) is 17.2 Å². The van der Waals surface area contributed by atoms with Gasteiger partial charge in [-0.25, -0.2) is 4.98 Å². The minimum absolute atomic E-state index is 0.00131. The van der Waals surface area contributed by atoms with E-state index in [1.165, 1.54) is 25.7 Å². The van der Waals surface area contributed by atoms with Gasteiger partial charge >= 0.3 is 0 Å². The fraction of sp³-hybridized carbons (Fsp3) is 0.762. The first kappa shape index (κ1) is 18.5. The van der Waals surface area contributed by atoms with Gasteiger partial charge in [0.2, 0.25) is 0 Å². The van der Waals surface area contributed by atoms with Crippen molar-refractivity contribution in [3.8, 4) is 0 Å². The predicted molar refractivity (Wildman–Crippen MR) is 104 cm³/mol. The van der Waals surface area contributed by atoms with E-state index in [1.807, 2.05) is 9.47 Å². The summed E-state index contributed by atoms with van der Waals surface area (Å²) in [6.45, 7) is 4.59. The second-order valence-electron chi connectivity index (χ2n) is 8.65. The molecule has 0 radical (unpaired) electrons. The lowest BCUT2D eigenvalue weighted by molar-refractivity contribution is 0.0664. The van der Waals surface area contributed by atoms with E-state index in [0.29, 0.717) is 17.4 Å². The van der Waals surface area contributed by atoms with Gasteiger partial charge in [0, 0.05) is 25.7 Å². The number of hydrogen-bond acceptors (Lipinski definition) is 3. The number of imidazole rings is 1. The van der Waals surface area contributed by atoms with Crippen LogP contribution < -0.4 is 5.32 Å². The van der Waals surface area contributed by atoms with Crippen molar-refractivity contribution >= 4 is 11.8 Å². The largest absolute Gasteiger partial charge is 0.348 e. The van der Waals surface area contributed by atoms with E-state index in [0.717, 1.165) is 63.9 Å². The average molecular weight is 373 g/mol. The van der Waals surface area contributed by atoms with Crippen LogP contribution in [0.3, 0.4) is 0 Å². The molecule has 6 nitrogen and oxygen atoms in total. The molecule has 4 rings (SSSR count). The van der Waals surface area contributed by atoms with E-state index in [1.54, 1.807) is 0 Å². The highest BCUT2D eigenvalue weighted by Crippen LogP contribution is 2.25. The topological polar surface area (TPSA) is 67.2 Å². The maximum Gasteiger partial charge on any atom is 0.289 e. The summed E-state index contributed by atoms with van der Waals surface area (Å²) in [6.07, 6.45) is 10.9. The van der Waals surface area contributed by atoms with Gasteiger partial charge in [0.05, 0.1) is 5.69 Å². The molecule has 3 heterocycles. The van der Waals surface area contributed by atoms with Crippen molar-refractivity contribution in [3.63, 3.8) is 0 Å². The number of hydrogen-bond donors (Lipinski definition) is 1. The Bertz CT molecular complexity index is 705. The summed E-state index contributed by atoms with van der Waals surface area (Å²) in [5.74, 6) is 0.931. The first-order chi connectivity index (χ1) is 13.1. The summed E-state index contributed by atoms with van der Waals surface area (Å²) in [5.41, 5.74) is 1.46. The van der Waals surface area contributed by atoms with E-state index >= 15 is 0 Å². The lowest BCUT2D eigenvalue weighted by Crippen LogP contribution is -2.40. The third-order valence-corrected chi connectivity index (χ3v) is 6.41. The summed E-state index contributed by atoms with van der Waals surface area (Å²) >= 11 is 0. The number of nitrogens with one attached hydrogen (secondary N) is 1. The normalized spacial score (nSPS) is 23.7. The molecule has 1 unspecified atom stereocenters. The third kappa shape index (κ3) is 3.90. The summed E-state index contributed by atoms with van der Waals surface area (Å²) < 4.78 is 2.03. The van der Waals surface area contributed by atoms with Crippen LogP contribution in [0, 0.1) is 5.92 Å². The zero-order valence-electron chi connectivity index (χ0n) is 16.5. The number of carbonyl (C=O) groups is 2. The van der Waals surface area contributed by atoms with Crippen molar-refractivity contribution in [1.29, 1.82) is 0 Å². The maximum absolute atomic E-state index is 13.2. The SMILES string of the molecule is CC1CCCN(C(=O)c2nc(C(=O)NC3CCCCC3)c3n2CCCC3)C1. The van der Waals surface area contributed by atoms with E-state index in [9.17, 15) is 9.59 Å². The molecule has 0 spiro atoms. The number of nitrogens with zero attached hydrogens (tertiary/aromatic N) is 3. The van der Waals surface area contributed by atoms with E-state index in [-0.39, 0.29) is 17.9 Å². The smallest absolute Gasteiger partial charge is 0.289 e. The predicted octanol–water partition coefficient (Wildman–Crippen LogP) is 3.15. The van der Waals surface area contributed by atoms with Crippen LogP contribution in [0.25, 0.3) is 0 Å². The Morgan fingerprint density at radius 1 is 1.00 bits per heavy atom. The highest BCUT2D eigenvalue weighted by Gasteiger charge is 2.31. The molecular weight excluding hydrogens is 340 g/mol. The Kier molecular flexibility index (Phi) is 5.50. The number of aromatic nitrogens is 2. The number of rotatable bonds is 3. The second kappa shape index (κ2) is 8.03. The van der Waals surface area contributed by atoms with Gasteiger partial charge in [-0.2, -0.15) is 0 Å². The van der Waals surface area contributed by atoms with E-state index in [4.69, 9.17) is 0 Å². The molecule has 1 aromatic heterocycles. The Balaban J connectivity index is 1.57. The molecule has 2 fully saturated rings. The standard InChI is InChI=1S/C21H32N4O2/c1-15-8-7-12-24(14-15)21(27)19-23-18(17-11-5-6-13-25(17)19)20(26)22-16-9-3-2-4-10-16/h15-16H,2-14H2,1H3,(H,22,26). The summed E-state index contributed by atoms with van der Waals surface area (Å²) in [5, 5.41) is 3.18. The Morgan fingerprint density at radius 2 is 1.81 bits per heavy atom. The first-order valence-corrected chi connectivity index (χ1v) is 10.8. The Hall–Kier alpha value is -1.85. The zero-order chi connectivity index (χ0) is 18.8. The highest BCUT2D eigenvalue weighted by molar-refractivity contribution is 5.97. The van der Waals surface area contributed by atoms with Crippen molar-refractivity contribution in [1.82, 2.24) is 19.8 Å². The fourth-order valence-corrected chi connectivity index (χ4v) is 4.90. The molecule has 1 saturated carbocycles. The summed E-state index contributed by atoms with van der Waals surface area (Å²) in [6, 6.07) is 0.259. The van der Waals surface area contributed by atoms with Gasteiger partial charge in [0.15, 0.2) is 5.82 Å². The molecule has 1 aliphatic carbocycles. The van der Waals surface area contributed by atoms with Crippen LogP contribution in [0.2, 0.25) is 0 Å². The number of likely N-dealkylation sites (tertiary alicyclic amines) is 1. The third-order valence-electron chi connectivity index (χ3n) is 6.41. The number of fused-ring (bicyclic) bond motifs is 1. The van der Waals surface area contributed by atoms with Gasteiger partial charge in [-0.3, -0.25) is 9.59 Å². The molecule has 0 aromatic carbocycles. The van der Waals surface area contributed by atoms with Gasteiger partial charge in [0.25, 0.3) is 11.8 Å². The van der Waals surface area contributed by atoms with Crippen LogP contribution >= 0.6 is 0 Å². The van der Waals surface area contributed by atoms with Crippen LogP contribution in [0.4, 0.5) is 0 Å². The van der Waals surface area contributed by atoms with Gasteiger partial charge in [-0.15, -0.1) is 0 Å². The molecular formula is C21H32N4O2. The monoisotopic (exact) mass is 372 g/mol. The highest BCUT2D eigenvalue weighted by atomic mass is 16.2. The zero-order valence-corrected chi connectivity index (χ0v) is 16.5. The fourth-order valence-electron chi connectivity index (χ4n) is 4.90. The molecule has 3 aliphatic rings. The molecule has 2 aliphatic heterocycles. The van der Waals surface area contributed by atoms with E-state index < -0.39 is 0 Å². The Labute approximate surface area is 161 Å².